The summed E-state index contributed by atoms with van der Waals surface area (Å²) in [5, 5.41) is 9.66. The Labute approximate surface area is 119 Å². The second kappa shape index (κ2) is 5.44. The van der Waals surface area contributed by atoms with Gasteiger partial charge in [-0.3, -0.25) is 9.89 Å². The van der Waals surface area contributed by atoms with Crippen LogP contribution in [0, 0.1) is 0 Å². The van der Waals surface area contributed by atoms with Gasteiger partial charge in [-0.05, 0) is 40.0 Å². The van der Waals surface area contributed by atoms with Gasteiger partial charge in [0.15, 0.2) is 5.82 Å². The highest BCUT2D eigenvalue weighted by molar-refractivity contribution is 9.10. The summed E-state index contributed by atoms with van der Waals surface area (Å²) in [5.41, 5.74) is 7.75. The molecule has 2 rings (SSSR count). The lowest BCUT2D eigenvalue weighted by Gasteiger charge is -2.04. The second-order valence-electron chi connectivity index (χ2n) is 4.55. The Bertz CT molecular complexity index is 606. The minimum Gasteiger partial charge on any atom is -0.398 e. The van der Waals surface area contributed by atoms with Crippen molar-refractivity contribution in [1.82, 2.24) is 10.2 Å². The van der Waals surface area contributed by atoms with Gasteiger partial charge >= 0.3 is 0 Å². The van der Waals surface area contributed by atoms with Crippen LogP contribution in [-0.4, -0.2) is 16.1 Å². The highest BCUT2D eigenvalue weighted by Crippen LogP contribution is 2.21. The van der Waals surface area contributed by atoms with E-state index in [9.17, 15) is 4.79 Å². The van der Waals surface area contributed by atoms with E-state index in [1.54, 1.807) is 18.2 Å². The van der Waals surface area contributed by atoms with Gasteiger partial charge < -0.3 is 11.1 Å². The van der Waals surface area contributed by atoms with Gasteiger partial charge in [-0.25, -0.2) is 0 Å². The Kier molecular flexibility index (Phi) is 3.90. The molecular weight excluding hydrogens is 308 g/mol. The zero-order valence-electron chi connectivity index (χ0n) is 10.7. The summed E-state index contributed by atoms with van der Waals surface area (Å²) in [6.07, 6.45) is 0. The van der Waals surface area contributed by atoms with Crippen LogP contribution < -0.4 is 11.1 Å². The molecule has 0 fully saturated rings. The van der Waals surface area contributed by atoms with Gasteiger partial charge in [0.05, 0.1) is 0 Å². The average molecular weight is 323 g/mol. The van der Waals surface area contributed by atoms with Crippen LogP contribution in [0.1, 0.15) is 35.8 Å². The fraction of sp³-hybridized carbons (Fsp3) is 0.231. The van der Waals surface area contributed by atoms with E-state index < -0.39 is 0 Å². The first-order valence-corrected chi connectivity index (χ1v) is 6.68. The number of carbonyl (C=O) groups is 1. The molecule has 5 nitrogen and oxygen atoms in total. The lowest BCUT2D eigenvalue weighted by molar-refractivity contribution is 0.102. The van der Waals surface area contributed by atoms with Crippen molar-refractivity contribution >= 4 is 33.3 Å². The summed E-state index contributed by atoms with van der Waals surface area (Å²) in [5.74, 6) is 0.609. The fourth-order valence-electron chi connectivity index (χ4n) is 1.57. The van der Waals surface area contributed by atoms with Gasteiger partial charge in [-0.2, -0.15) is 5.10 Å². The third-order valence-corrected chi connectivity index (χ3v) is 3.44. The van der Waals surface area contributed by atoms with Gasteiger partial charge in [0.1, 0.15) is 0 Å². The van der Waals surface area contributed by atoms with Gasteiger partial charge in [0.2, 0.25) is 0 Å². The van der Waals surface area contributed by atoms with Gasteiger partial charge in [0.25, 0.3) is 5.91 Å². The molecule has 4 N–H and O–H groups in total. The molecule has 0 saturated carbocycles. The molecule has 19 heavy (non-hydrogen) atoms. The predicted molar refractivity (Wildman–Crippen MR) is 79.2 cm³/mol. The fourth-order valence-corrected chi connectivity index (χ4v) is 1.82. The summed E-state index contributed by atoms with van der Waals surface area (Å²) < 4.78 is 0.769. The van der Waals surface area contributed by atoms with E-state index in [4.69, 9.17) is 5.73 Å². The minimum atomic E-state index is -0.235. The van der Waals surface area contributed by atoms with Gasteiger partial charge in [-0.1, -0.05) is 13.8 Å². The number of rotatable bonds is 3. The van der Waals surface area contributed by atoms with E-state index in [0.29, 0.717) is 23.0 Å². The molecule has 0 atom stereocenters. The standard InChI is InChI=1S/C13H15BrN4O/c1-7(2)11-6-12(18-17-11)16-13(19)8-3-4-9(14)10(15)5-8/h3-7H,15H2,1-2H3,(H2,16,17,18,19). The normalized spacial score (nSPS) is 10.7. The topological polar surface area (TPSA) is 83.8 Å². The number of carbonyl (C=O) groups excluding carboxylic acids is 1. The van der Waals surface area contributed by atoms with Crippen LogP contribution in [0.4, 0.5) is 11.5 Å². The van der Waals surface area contributed by atoms with Crippen molar-refractivity contribution in [1.29, 1.82) is 0 Å². The number of nitrogens with zero attached hydrogens (tertiary/aromatic N) is 1. The molecule has 6 heteroatoms. The van der Waals surface area contributed by atoms with Crippen molar-refractivity contribution < 1.29 is 4.79 Å². The zero-order chi connectivity index (χ0) is 14.0. The third kappa shape index (κ3) is 3.14. The van der Waals surface area contributed by atoms with E-state index in [1.807, 2.05) is 6.07 Å². The van der Waals surface area contributed by atoms with Crippen LogP contribution in [-0.2, 0) is 0 Å². The van der Waals surface area contributed by atoms with Crippen LogP contribution >= 0.6 is 15.9 Å². The van der Waals surface area contributed by atoms with E-state index in [-0.39, 0.29) is 5.91 Å². The van der Waals surface area contributed by atoms with Crippen LogP contribution in [0.25, 0.3) is 0 Å². The van der Waals surface area contributed by atoms with Crippen molar-refractivity contribution in [2.24, 2.45) is 0 Å². The average Bonchev–Trinajstić information content (AvgIpc) is 2.81. The second-order valence-corrected chi connectivity index (χ2v) is 5.41. The van der Waals surface area contributed by atoms with E-state index in [2.05, 4.69) is 45.3 Å². The van der Waals surface area contributed by atoms with Crippen LogP contribution in [0.5, 0.6) is 0 Å². The summed E-state index contributed by atoms with van der Waals surface area (Å²) in [6, 6.07) is 6.89. The molecule has 2 aromatic rings. The summed E-state index contributed by atoms with van der Waals surface area (Å²) in [7, 11) is 0. The van der Waals surface area contributed by atoms with E-state index in [1.165, 1.54) is 0 Å². The first-order valence-electron chi connectivity index (χ1n) is 5.89. The molecule has 0 saturated heterocycles. The number of H-pyrrole nitrogens is 1. The van der Waals surface area contributed by atoms with Crippen molar-refractivity contribution in [2.75, 3.05) is 11.1 Å². The first-order chi connectivity index (χ1) is 8.97. The maximum absolute atomic E-state index is 12.0. The Hall–Kier alpha value is -1.82. The van der Waals surface area contributed by atoms with Gasteiger partial charge in [0, 0.05) is 27.5 Å². The SMILES string of the molecule is CC(C)c1cc(NC(=O)c2ccc(Br)c(N)c2)n[nH]1. The van der Waals surface area contributed by atoms with Crippen molar-refractivity contribution in [2.45, 2.75) is 19.8 Å². The lowest BCUT2D eigenvalue weighted by Crippen LogP contribution is -2.12. The Morgan fingerprint density at radius 2 is 2.16 bits per heavy atom. The van der Waals surface area contributed by atoms with Crippen LogP contribution in [0.15, 0.2) is 28.7 Å². The van der Waals surface area contributed by atoms with Crippen molar-refractivity contribution in [3.63, 3.8) is 0 Å². The Morgan fingerprint density at radius 3 is 2.74 bits per heavy atom. The molecule has 0 unspecified atom stereocenters. The number of hydrogen-bond donors (Lipinski definition) is 3. The maximum atomic E-state index is 12.0. The largest absolute Gasteiger partial charge is 0.398 e. The summed E-state index contributed by atoms with van der Waals surface area (Å²) >= 11 is 3.29. The quantitative estimate of drug-likeness (QED) is 0.759. The molecule has 0 bridgehead atoms. The lowest BCUT2D eigenvalue weighted by atomic mass is 10.1. The van der Waals surface area contributed by atoms with Crippen molar-refractivity contribution in [3.05, 3.63) is 40.0 Å². The number of nitrogens with one attached hydrogen (secondary N) is 2. The maximum Gasteiger partial charge on any atom is 0.256 e. The van der Waals surface area contributed by atoms with E-state index >= 15 is 0 Å². The number of anilines is 2. The van der Waals surface area contributed by atoms with Crippen LogP contribution in [0.3, 0.4) is 0 Å². The third-order valence-electron chi connectivity index (χ3n) is 2.72. The predicted octanol–water partition coefficient (Wildman–Crippen LogP) is 3.13. The molecule has 0 aliphatic rings. The number of aromatic nitrogens is 2. The number of aromatic amines is 1. The molecule has 1 aromatic carbocycles. The Balaban J connectivity index is 2.13. The Morgan fingerprint density at radius 1 is 1.42 bits per heavy atom. The number of amides is 1. The summed E-state index contributed by atoms with van der Waals surface area (Å²) in [4.78, 5) is 12.0. The molecule has 0 radical (unpaired) electrons. The minimum absolute atomic E-state index is 0.235. The zero-order valence-corrected chi connectivity index (χ0v) is 12.3. The molecular formula is C13H15BrN4O. The molecule has 1 amide bonds. The molecule has 0 spiro atoms. The van der Waals surface area contributed by atoms with Crippen molar-refractivity contribution in [3.8, 4) is 0 Å². The molecule has 100 valence electrons. The van der Waals surface area contributed by atoms with Crippen LogP contribution in [0.2, 0.25) is 0 Å². The highest BCUT2D eigenvalue weighted by atomic mass is 79.9. The monoisotopic (exact) mass is 322 g/mol. The van der Waals surface area contributed by atoms with Gasteiger partial charge in [-0.15, -0.1) is 0 Å². The summed E-state index contributed by atoms with van der Waals surface area (Å²) in [6.45, 7) is 4.10. The number of nitrogen functional groups attached to an aromatic ring is 1. The number of benzene rings is 1. The molecule has 1 aromatic heterocycles. The molecule has 0 aliphatic heterocycles. The smallest absolute Gasteiger partial charge is 0.256 e. The number of nitrogens with two attached hydrogens (primary N) is 1. The highest BCUT2D eigenvalue weighted by Gasteiger charge is 2.11. The number of halogens is 1. The molecule has 1 heterocycles. The molecule has 0 aliphatic carbocycles. The first kappa shape index (κ1) is 13.6. The number of hydrogen-bond acceptors (Lipinski definition) is 3. The van der Waals surface area contributed by atoms with E-state index in [0.717, 1.165) is 10.2 Å².